The van der Waals surface area contributed by atoms with Gasteiger partial charge in [-0.1, -0.05) is 32.1 Å². The number of nitrogens with zero attached hydrogens (tertiary/aromatic N) is 4. The highest BCUT2D eigenvalue weighted by Crippen LogP contribution is 2.52. The van der Waals surface area contributed by atoms with Gasteiger partial charge in [0.05, 0.1) is 7.11 Å². The number of rotatable bonds is 3. The van der Waals surface area contributed by atoms with Gasteiger partial charge in [0.15, 0.2) is 0 Å². The van der Waals surface area contributed by atoms with Gasteiger partial charge >= 0.3 is 6.09 Å². The van der Waals surface area contributed by atoms with Crippen LogP contribution in [0.25, 0.3) is 0 Å². The van der Waals surface area contributed by atoms with Crippen LogP contribution < -0.4 is 0 Å². The summed E-state index contributed by atoms with van der Waals surface area (Å²) in [6, 6.07) is 0. The zero-order chi connectivity index (χ0) is 22.7. The lowest BCUT2D eigenvalue weighted by atomic mass is 9.63. The van der Waals surface area contributed by atoms with Crippen LogP contribution in [0.4, 0.5) is 4.79 Å². The molecule has 32 heavy (non-hydrogen) atoms. The zero-order valence-corrected chi connectivity index (χ0v) is 20.6. The predicted octanol–water partition coefficient (Wildman–Crippen LogP) is 3.25. The highest BCUT2D eigenvalue weighted by molar-refractivity contribution is 5.73. The largest absolute Gasteiger partial charge is 0.453 e. The lowest BCUT2D eigenvalue weighted by Crippen LogP contribution is -2.75. The van der Waals surface area contributed by atoms with Crippen molar-refractivity contribution in [2.24, 2.45) is 17.8 Å². The molecular formula is C25H44N4O3. The molecular weight excluding hydrogens is 404 g/mol. The molecule has 3 heterocycles. The van der Waals surface area contributed by atoms with Crippen molar-refractivity contribution in [3.63, 3.8) is 0 Å². The number of ether oxygens (including phenoxy) is 1. The maximum absolute atomic E-state index is 13.3. The Morgan fingerprint density at radius 3 is 2.06 bits per heavy atom. The summed E-state index contributed by atoms with van der Waals surface area (Å²) in [6.45, 7) is 8.17. The average Bonchev–Trinajstić information content (AvgIpc) is 2.84. The molecule has 7 heteroatoms. The number of hydrogen-bond acceptors (Lipinski definition) is 5. The number of piperidine rings is 2. The first-order valence-electron chi connectivity index (χ1n) is 13.0. The summed E-state index contributed by atoms with van der Waals surface area (Å²) in [6.07, 6.45) is 10.6. The maximum atomic E-state index is 13.3. The van der Waals surface area contributed by atoms with Crippen molar-refractivity contribution in [1.29, 1.82) is 0 Å². The first kappa shape index (κ1) is 23.8. The molecule has 182 valence electrons. The molecule has 1 saturated carbocycles. The second-order valence-corrected chi connectivity index (χ2v) is 10.6. The first-order valence-corrected chi connectivity index (χ1v) is 13.0. The smallest absolute Gasteiger partial charge is 0.410 e. The minimum atomic E-state index is -0.280. The quantitative estimate of drug-likeness (QED) is 0.663. The Bertz CT molecular complexity index is 652. The number of likely N-dealkylation sites (tertiary alicyclic amines) is 2. The highest BCUT2D eigenvalue weighted by atomic mass is 16.5. The molecule has 2 amide bonds. The third-order valence-electron chi connectivity index (χ3n) is 9.04. The summed E-state index contributed by atoms with van der Waals surface area (Å²) in [5, 5.41) is 0. The number of methoxy groups -OCH3 is 1. The number of carbonyl (C=O) groups is 2. The molecule has 2 atom stereocenters. The Kier molecular flexibility index (Phi) is 7.65. The van der Waals surface area contributed by atoms with Crippen molar-refractivity contribution in [2.45, 2.75) is 70.4 Å². The Hall–Kier alpha value is -1.34. The molecule has 0 spiro atoms. The summed E-state index contributed by atoms with van der Waals surface area (Å²) in [5.41, 5.74) is -0.280. The molecule has 0 bridgehead atoms. The summed E-state index contributed by atoms with van der Waals surface area (Å²) >= 11 is 0. The minimum Gasteiger partial charge on any atom is -0.453 e. The van der Waals surface area contributed by atoms with Gasteiger partial charge in [0.1, 0.15) is 5.66 Å². The van der Waals surface area contributed by atoms with Crippen LogP contribution in [0, 0.1) is 17.8 Å². The van der Waals surface area contributed by atoms with Gasteiger partial charge in [-0.25, -0.2) is 4.79 Å². The Morgan fingerprint density at radius 1 is 0.812 bits per heavy atom. The number of carbonyl (C=O) groups excluding carboxylic acids is 2. The van der Waals surface area contributed by atoms with E-state index in [0.29, 0.717) is 17.8 Å². The second kappa shape index (κ2) is 10.3. The minimum absolute atomic E-state index is 0.154. The molecule has 3 aliphatic heterocycles. The van der Waals surface area contributed by atoms with Crippen LogP contribution in [0.2, 0.25) is 0 Å². The molecule has 0 aromatic heterocycles. The van der Waals surface area contributed by atoms with Gasteiger partial charge in [-0.3, -0.25) is 14.6 Å². The fraction of sp³-hybridized carbons (Fsp3) is 0.920. The van der Waals surface area contributed by atoms with E-state index < -0.39 is 0 Å². The standard InChI is InChI=1S/C25H44N4O3/c1-20(30)27-14-11-22(12-15-27)25(28-18-16-26(2)17-19-28)23(21-8-5-4-6-9-21)10-7-13-29(25)24(31)32-3/h21-23H,4-19H2,1-3H3. The van der Waals surface area contributed by atoms with Gasteiger partial charge in [0.2, 0.25) is 5.91 Å². The van der Waals surface area contributed by atoms with E-state index in [9.17, 15) is 9.59 Å². The summed E-state index contributed by atoms with van der Waals surface area (Å²) in [4.78, 5) is 34.6. The fourth-order valence-electron chi connectivity index (χ4n) is 7.50. The fourth-order valence-corrected chi connectivity index (χ4v) is 7.50. The van der Waals surface area contributed by atoms with Gasteiger partial charge < -0.3 is 14.5 Å². The monoisotopic (exact) mass is 448 g/mol. The van der Waals surface area contributed by atoms with Crippen molar-refractivity contribution in [2.75, 3.05) is 60.0 Å². The highest BCUT2D eigenvalue weighted by Gasteiger charge is 2.59. The number of amides is 2. The average molecular weight is 449 g/mol. The molecule has 1 aliphatic carbocycles. The predicted molar refractivity (Wildman–Crippen MR) is 125 cm³/mol. The molecule has 4 aliphatic rings. The Balaban J connectivity index is 1.75. The van der Waals surface area contributed by atoms with Crippen LogP contribution in [0.15, 0.2) is 0 Å². The normalized spacial score (nSPS) is 32.2. The van der Waals surface area contributed by atoms with Gasteiger partial charge in [-0.05, 0) is 50.5 Å². The van der Waals surface area contributed by atoms with Gasteiger partial charge in [-0.15, -0.1) is 0 Å². The molecule has 0 aromatic rings. The van der Waals surface area contributed by atoms with Crippen molar-refractivity contribution >= 4 is 12.0 Å². The van der Waals surface area contributed by atoms with Crippen molar-refractivity contribution in [1.82, 2.24) is 19.6 Å². The Labute approximate surface area is 194 Å². The van der Waals surface area contributed by atoms with E-state index in [-0.39, 0.29) is 17.7 Å². The van der Waals surface area contributed by atoms with E-state index in [4.69, 9.17) is 4.74 Å². The van der Waals surface area contributed by atoms with Crippen molar-refractivity contribution in [3.05, 3.63) is 0 Å². The lowest BCUT2D eigenvalue weighted by Gasteiger charge is -2.64. The molecule has 7 nitrogen and oxygen atoms in total. The molecule has 2 unspecified atom stereocenters. The molecule has 0 radical (unpaired) electrons. The number of likely N-dealkylation sites (N-methyl/N-ethyl adjacent to an activating group) is 1. The van der Waals surface area contributed by atoms with E-state index in [1.807, 2.05) is 4.90 Å². The van der Waals surface area contributed by atoms with Crippen LogP contribution in [-0.4, -0.2) is 97.2 Å². The summed E-state index contributed by atoms with van der Waals surface area (Å²) < 4.78 is 5.43. The van der Waals surface area contributed by atoms with E-state index in [1.165, 1.54) is 38.5 Å². The maximum Gasteiger partial charge on any atom is 0.410 e. The second-order valence-electron chi connectivity index (χ2n) is 10.6. The molecule has 4 fully saturated rings. The molecule has 4 rings (SSSR count). The van der Waals surface area contributed by atoms with E-state index in [1.54, 1.807) is 14.0 Å². The third-order valence-corrected chi connectivity index (χ3v) is 9.04. The van der Waals surface area contributed by atoms with Crippen LogP contribution in [0.1, 0.15) is 64.7 Å². The van der Waals surface area contributed by atoms with E-state index >= 15 is 0 Å². The SMILES string of the molecule is COC(=O)N1CCCC(C2CCCCC2)C1(C1CCN(C(C)=O)CC1)N1CCN(C)CC1. The van der Waals surface area contributed by atoms with Crippen LogP contribution in [0.3, 0.4) is 0 Å². The van der Waals surface area contributed by atoms with Crippen molar-refractivity contribution in [3.8, 4) is 0 Å². The molecule has 0 aromatic carbocycles. The van der Waals surface area contributed by atoms with Gasteiger partial charge in [-0.2, -0.15) is 0 Å². The summed E-state index contributed by atoms with van der Waals surface area (Å²) in [5.74, 6) is 1.73. The molecule has 0 N–H and O–H groups in total. The van der Waals surface area contributed by atoms with Crippen LogP contribution in [-0.2, 0) is 9.53 Å². The number of hydrogen-bond donors (Lipinski definition) is 0. The Morgan fingerprint density at radius 2 is 1.47 bits per heavy atom. The van der Waals surface area contributed by atoms with Crippen LogP contribution >= 0.6 is 0 Å². The van der Waals surface area contributed by atoms with Gasteiger partial charge in [0, 0.05) is 52.7 Å². The van der Waals surface area contributed by atoms with E-state index in [2.05, 4.69) is 21.7 Å². The third kappa shape index (κ3) is 4.39. The van der Waals surface area contributed by atoms with Crippen LogP contribution in [0.5, 0.6) is 0 Å². The number of piperazine rings is 1. The lowest BCUT2D eigenvalue weighted by molar-refractivity contribution is -0.181. The van der Waals surface area contributed by atoms with Crippen molar-refractivity contribution < 1.29 is 14.3 Å². The van der Waals surface area contributed by atoms with Gasteiger partial charge in [0.25, 0.3) is 0 Å². The molecule has 3 saturated heterocycles. The van der Waals surface area contributed by atoms with E-state index in [0.717, 1.165) is 65.1 Å². The first-order chi connectivity index (χ1) is 15.5. The topological polar surface area (TPSA) is 56.3 Å². The summed E-state index contributed by atoms with van der Waals surface area (Å²) in [7, 11) is 3.74. The zero-order valence-electron chi connectivity index (χ0n) is 20.6.